The molecule has 1 aliphatic heterocycles. The number of nitrogens with zero attached hydrogens (tertiary/aromatic N) is 2. The molecular weight excluding hydrogens is 352 g/mol. The minimum Gasteiger partial charge on any atom is -0.483 e. The molecule has 6 nitrogen and oxygen atoms in total. The third-order valence-electron chi connectivity index (χ3n) is 5.08. The van der Waals surface area contributed by atoms with E-state index in [0.717, 1.165) is 11.3 Å². The first kappa shape index (κ1) is 20.7. The van der Waals surface area contributed by atoms with Crippen LogP contribution in [0.25, 0.3) is 0 Å². The van der Waals surface area contributed by atoms with E-state index in [9.17, 15) is 13.2 Å². The molecule has 1 aromatic carbocycles. The Morgan fingerprint density at radius 3 is 2.46 bits per heavy atom. The van der Waals surface area contributed by atoms with Crippen molar-refractivity contribution in [2.45, 2.75) is 45.6 Å². The maximum atomic E-state index is 12.4. The average molecular weight is 383 g/mol. The summed E-state index contributed by atoms with van der Waals surface area (Å²) < 4.78 is 30.5. The van der Waals surface area contributed by atoms with Gasteiger partial charge in [-0.05, 0) is 42.9 Å². The van der Waals surface area contributed by atoms with Crippen LogP contribution in [0.2, 0.25) is 0 Å². The van der Waals surface area contributed by atoms with E-state index in [1.54, 1.807) is 11.9 Å². The van der Waals surface area contributed by atoms with Crippen molar-refractivity contribution in [2.75, 3.05) is 33.0 Å². The SMILES string of the molecule is Cc1ccc(C(C)C)cc1OCC(=O)N1CCC(N(C)S(C)(=O)=O)CC1. The molecule has 0 unspecified atom stereocenters. The number of hydrogen-bond acceptors (Lipinski definition) is 4. The molecule has 1 saturated heterocycles. The molecule has 0 aromatic heterocycles. The van der Waals surface area contributed by atoms with E-state index < -0.39 is 10.0 Å². The number of sulfonamides is 1. The summed E-state index contributed by atoms with van der Waals surface area (Å²) in [6.07, 6.45) is 2.51. The van der Waals surface area contributed by atoms with Crippen molar-refractivity contribution >= 4 is 15.9 Å². The van der Waals surface area contributed by atoms with Crippen LogP contribution in [0.1, 0.15) is 43.7 Å². The maximum absolute atomic E-state index is 12.4. The van der Waals surface area contributed by atoms with Gasteiger partial charge in [-0.25, -0.2) is 12.7 Å². The Labute approximate surface area is 157 Å². The third kappa shape index (κ3) is 5.20. The minimum absolute atomic E-state index is 0.00890. The molecule has 0 atom stereocenters. The Morgan fingerprint density at radius 2 is 1.92 bits per heavy atom. The van der Waals surface area contributed by atoms with E-state index in [1.165, 1.54) is 16.1 Å². The summed E-state index contributed by atoms with van der Waals surface area (Å²) in [6.45, 7) is 7.33. The number of benzene rings is 1. The molecule has 2 rings (SSSR count). The minimum atomic E-state index is -3.20. The smallest absolute Gasteiger partial charge is 0.260 e. The van der Waals surface area contributed by atoms with Crippen LogP contribution in [-0.2, 0) is 14.8 Å². The van der Waals surface area contributed by atoms with Gasteiger partial charge in [0, 0.05) is 26.2 Å². The number of carbonyl (C=O) groups is 1. The topological polar surface area (TPSA) is 66.9 Å². The Kier molecular flexibility index (Phi) is 6.69. The van der Waals surface area contributed by atoms with Gasteiger partial charge in [0.15, 0.2) is 6.61 Å². The highest BCUT2D eigenvalue weighted by atomic mass is 32.2. The fourth-order valence-corrected chi connectivity index (χ4v) is 3.86. The van der Waals surface area contributed by atoms with Crippen LogP contribution < -0.4 is 4.74 Å². The maximum Gasteiger partial charge on any atom is 0.260 e. The zero-order chi connectivity index (χ0) is 19.5. The molecule has 0 spiro atoms. The quantitative estimate of drug-likeness (QED) is 0.758. The normalized spacial score (nSPS) is 16.3. The van der Waals surface area contributed by atoms with Crippen molar-refractivity contribution in [3.8, 4) is 5.75 Å². The molecule has 0 radical (unpaired) electrons. The summed E-state index contributed by atoms with van der Waals surface area (Å²) in [6, 6.07) is 6.06. The second-order valence-corrected chi connectivity index (χ2v) is 9.40. The summed E-state index contributed by atoms with van der Waals surface area (Å²) in [5.41, 5.74) is 2.19. The standard InChI is InChI=1S/C19H30N2O4S/c1-14(2)16-7-6-15(3)18(12-16)25-13-19(22)21-10-8-17(9-11-21)20(4)26(5,23)24/h6-7,12,14,17H,8-11,13H2,1-5H3. The summed E-state index contributed by atoms with van der Waals surface area (Å²) in [5.74, 6) is 1.09. The van der Waals surface area contributed by atoms with E-state index in [1.807, 2.05) is 19.1 Å². The molecule has 1 heterocycles. The van der Waals surface area contributed by atoms with E-state index in [2.05, 4.69) is 19.9 Å². The molecular formula is C19H30N2O4S. The molecule has 1 aliphatic rings. The number of aryl methyl sites for hydroxylation is 1. The highest BCUT2D eigenvalue weighted by molar-refractivity contribution is 7.88. The van der Waals surface area contributed by atoms with E-state index in [-0.39, 0.29) is 18.6 Å². The molecule has 1 fully saturated rings. The van der Waals surface area contributed by atoms with Crippen LogP contribution in [0, 0.1) is 6.92 Å². The largest absolute Gasteiger partial charge is 0.483 e. The monoisotopic (exact) mass is 382 g/mol. The van der Waals surface area contributed by atoms with Crippen molar-refractivity contribution < 1.29 is 17.9 Å². The second-order valence-electron chi connectivity index (χ2n) is 7.36. The fraction of sp³-hybridized carbons (Fsp3) is 0.632. The molecule has 26 heavy (non-hydrogen) atoms. The van der Waals surface area contributed by atoms with Gasteiger partial charge in [-0.1, -0.05) is 26.0 Å². The van der Waals surface area contributed by atoms with Gasteiger partial charge in [-0.15, -0.1) is 0 Å². The lowest BCUT2D eigenvalue weighted by molar-refractivity contribution is -0.134. The predicted molar refractivity (Wildman–Crippen MR) is 103 cm³/mol. The lowest BCUT2D eigenvalue weighted by Gasteiger charge is -2.35. The van der Waals surface area contributed by atoms with Gasteiger partial charge >= 0.3 is 0 Å². The Bertz CT molecular complexity index is 738. The molecule has 0 bridgehead atoms. The van der Waals surface area contributed by atoms with Crippen LogP contribution in [0.15, 0.2) is 18.2 Å². The van der Waals surface area contributed by atoms with Gasteiger partial charge < -0.3 is 9.64 Å². The van der Waals surface area contributed by atoms with Gasteiger partial charge in [-0.3, -0.25) is 4.79 Å². The van der Waals surface area contributed by atoms with Crippen LogP contribution in [-0.4, -0.2) is 62.6 Å². The average Bonchev–Trinajstić information content (AvgIpc) is 2.59. The molecule has 1 amide bonds. The van der Waals surface area contributed by atoms with Crippen molar-refractivity contribution in [1.82, 2.24) is 9.21 Å². The van der Waals surface area contributed by atoms with Crippen molar-refractivity contribution in [2.24, 2.45) is 0 Å². The Hall–Kier alpha value is -1.60. The summed E-state index contributed by atoms with van der Waals surface area (Å²) in [7, 11) is -1.59. The Balaban J connectivity index is 1.89. The number of amides is 1. The van der Waals surface area contributed by atoms with E-state index >= 15 is 0 Å². The third-order valence-corrected chi connectivity index (χ3v) is 6.43. The molecule has 1 aromatic rings. The summed E-state index contributed by atoms with van der Waals surface area (Å²) >= 11 is 0. The first-order chi connectivity index (χ1) is 12.1. The van der Waals surface area contributed by atoms with Crippen molar-refractivity contribution in [1.29, 1.82) is 0 Å². The first-order valence-corrected chi connectivity index (χ1v) is 10.9. The number of ether oxygens (including phenoxy) is 1. The molecule has 146 valence electrons. The predicted octanol–water partition coefficient (Wildman–Crippen LogP) is 2.38. The lowest BCUT2D eigenvalue weighted by Crippen LogP contribution is -2.48. The second kappa shape index (κ2) is 8.39. The molecule has 7 heteroatoms. The number of piperidine rings is 1. The van der Waals surface area contributed by atoms with Gasteiger partial charge in [-0.2, -0.15) is 0 Å². The van der Waals surface area contributed by atoms with Gasteiger partial charge in [0.05, 0.1) is 6.26 Å². The zero-order valence-corrected chi connectivity index (χ0v) is 17.2. The molecule has 0 saturated carbocycles. The van der Waals surface area contributed by atoms with E-state index in [0.29, 0.717) is 31.8 Å². The molecule has 0 N–H and O–H groups in total. The number of carbonyl (C=O) groups excluding carboxylic acids is 1. The van der Waals surface area contributed by atoms with Crippen molar-refractivity contribution in [3.05, 3.63) is 29.3 Å². The number of hydrogen-bond donors (Lipinski definition) is 0. The summed E-state index contributed by atoms with van der Waals surface area (Å²) in [5, 5.41) is 0. The number of likely N-dealkylation sites (tertiary alicyclic amines) is 1. The highest BCUT2D eigenvalue weighted by Gasteiger charge is 2.29. The number of rotatable bonds is 6. The molecule has 0 aliphatic carbocycles. The first-order valence-electron chi connectivity index (χ1n) is 9.03. The van der Waals surface area contributed by atoms with Crippen LogP contribution in [0.4, 0.5) is 0 Å². The Morgan fingerprint density at radius 1 is 1.31 bits per heavy atom. The fourth-order valence-electron chi connectivity index (χ4n) is 3.11. The summed E-state index contributed by atoms with van der Waals surface area (Å²) in [4.78, 5) is 14.2. The van der Waals surface area contributed by atoms with Gasteiger partial charge in [0.1, 0.15) is 5.75 Å². The van der Waals surface area contributed by atoms with Crippen LogP contribution in [0.5, 0.6) is 5.75 Å². The van der Waals surface area contributed by atoms with Crippen LogP contribution in [0.3, 0.4) is 0 Å². The van der Waals surface area contributed by atoms with Crippen molar-refractivity contribution in [3.63, 3.8) is 0 Å². The van der Waals surface area contributed by atoms with Crippen LogP contribution >= 0.6 is 0 Å². The lowest BCUT2D eigenvalue weighted by atomic mass is 10.0. The van der Waals surface area contributed by atoms with Gasteiger partial charge in [0.25, 0.3) is 5.91 Å². The van der Waals surface area contributed by atoms with E-state index in [4.69, 9.17) is 4.74 Å². The zero-order valence-electron chi connectivity index (χ0n) is 16.4. The van der Waals surface area contributed by atoms with Gasteiger partial charge in [0.2, 0.25) is 10.0 Å². The highest BCUT2D eigenvalue weighted by Crippen LogP contribution is 2.24.